The first-order valence-corrected chi connectivity index (χ1v) is 7.22. The monoisotopic (exact) mass is 300 g/mol. The second-order valence-corrected chi connectivity index (χ2v) is 5.31. The highest BCUT2D eigenvalue weighted by molar-refractivity contribution is 6.33. The summed E-state index contributed by atoms with van der Waals surface area (Å²) in [4.78, 5) is 4.38. The van der Waals surface area contributed by atoms with Gasteiger partial charge >= 0.3 is 0 Å². The molecule has 0 fully saturated rings. The summed E-state index contributed by atoms with van der Waals surface area (Å²) in [7, 11) is 0. The number of fused-ring (bicyclic) bond motifs is 2. The summed E-state index contributed by atoms with van der Waals surface area (Å²) in [5.41, 5.74) is 2.75. The third kappa shape index (κ3) is 2.12. The minimum Gasteiger partial charge on any atom is -0.490 e. The number of benzene rings is 1. The Balaban J connectivity index is 1.85. The number of ether oxygens (including phenoxy) is 2. The van der Waals surface area contributed by atoms with Crippen LogP contribution in [0.25, 0.3) is 16.9 Å². The smallest absolute Gasteiger partial charge is 0.161 e. The molecule has 0 unspecified atom stereocenters. The van der Waals surface area contributed by atoms with Gasteiger partial charge in [0.1, 0.15) is 0 Å². The van der Waals surface area contributed by atoms with Crippen molar-refractivity contribution >= 4 is 17.2 Å². The van der Waals surface area contributed by atoms with Crippen molar-refractivity contribution in [3.63, 3.8) is 0 Å². The number of hydrogen-bond acceptors (Lipinski definition) is 3. The van der Waals surface area contributed by atoms with Crippen LogP contribution in [0.2, 0.25) is 5.02 Å². The first-order valence-electron chi connectivity index (χ1n) is 6.84. The molecule has 1 aromatic carbocycles. The standard InChI is InChI=1S/C16H13ClN2O2/c17-12-3-1-6-19-13(10-18-16(12)19)11-4-5-14-15(9-11)21-8-2-7-20-14/h1,3-6,9-10H,2,7-8H2. The highest BCUT2D eigenvalue weighted by Crippen LogP contribution is 2.34. The van der Waals surface area contributed by atoms with Crippen LogP contribution in [-0.4, -0.2) is 22.6 Å². The van der Waals surface area contributed by atoms with Crippen molar-refractivity contribution in [1.82, 2.24) is 9.38 Å². The number of nitrogens with zero attached hydrogens (tertiary/aromatic N) is 2. The molecule has 0 aliphatic carbocycles. The first kappa shape index (κ1) is 12.5. The quantitative estimate of drug-likeness (QED) is 0.685. The van der Waals surface area contributed by atoms with Crippen LogP contribution in [0.5, 0.6) is 11.5 Å². The van der Waals surface area contributed by atoms with Crippen molar-refractivity contribution in [1.29, 1.82) is 0 Å². The van der Waals surface area contributed by atoms with Crippen molar-refractivity contribution in [3.05, 3.63) is 47.7 Å². The van der Waals surface area contributed by atoms with E-state index in [4.69, 9.17) is 21.1 Å². The third-order valence-electron chi connectivity index (χ3n) is 3.53. The first-order chi connectivity index (χ1) is 10.3. The van der Waals surface area contributed by atoms with Crippen molar-refractivity contribution in [2.45, 2.75) is 6.42 Å². The molecule has 0 N–H and O–H groups in total. The Labute approximate surface area is 126 Å². The van der Waals surface area contributed by atoms with E-state index in [0.29, 0.717) is 18.2 Å². The van der Waals surface area contributed by atoms with Gasteiger partial charge in [-0.2, -0.15) is 0 Å². The average Bonchev–Trinajstić information content (AvgIpc) is 2.80. The largest absolute Gasteiger partial charge is 0.490 e. The van der Waals surface area contributed by atoms with E-state index < -0.39 is 0 Å². The lowest BCUT2D eigenvalue weighted by atomic mass is 10.1. The minimum atomic E-state index is 0.637. The Morgan fingerprint density at radius 3 is 2.86 bits per heavy atom. The van der Waals surface area contributed by atoms with E-state index in [2.05, 4.69) is 4.98 Å². The Morgan fingerprint density at radius 1 is 1.10 bits per heavy atom. The van der Waals surface area contributed by atoms with Crippen LogP contribution in [0.4, 0.5) is 0 Å². The van der Waals surface area contributed by atoms with Crippen LogP contribution in [0.1, 0.15) is 6.42 Å². The number of imidazole rings is 1. The van der Waals surface area contributed by atoms with E-state index >= 15 is 0 Å². The summed E-state index contributed by atoms with van der Waals surface area (Å²) in [6.45, 7) is 1.37. The fraction of sp³-hybridized carbons (Fsp3) is 0.188. The second-order valence-electron chi connectivity index (χ2n) is 4.91. The molecular weight excluding hydrogens is 288 g/mol. The molecular formula is C16H13ClN2O2. The molecule has 0 saturated heterocycles. The Kier molecular flexibility index (Phi) is 2.97. The van der Waals surface area contributed by atoms with Crippen LogP contribution in [0, 0.1) is 0 Å². The lowest BCUT2D eigenvalue weighted by Crippen LogP contribution is -1.97. The van der Waals surface area contributed by atoms with Crippen molar-refractivity contribution in [3.8, 4) is 22.8 Å². The number of halogens is 1. The molecule has 106 valence electrons. The summed E-state index contributed by atoms with van der Waals surface area (Å²) < 4.78 is 13.4. The van der Waals surface area contributed by atoms with Gasteiger partial charge in [0.15, 0.2) is 17.1 Å². The average molecular weight is 301 g/mol. The van der Waals surface area contributed by atoms with Crippen LogP contribution < -0.4 is 9.47 Å². The van der Waals surface area contributed by atoms with E-state index in [-0.39, 0.29) is 0 Å². The molecule has 0 radical (unpaired) electrons. The SMILES string of the molecule is Clc1cccn2c(-c3ccc4c(c3)OCCCO4)cnc12. The molecule has 4 nitrogen and oxygen atoms in total. The zero-order chi connectivity index (χ0) is 14.2. The van der Waals surface area contributed by atoms with Gasteiger partial charge in [0.2, 0.25) is 0 Å². The fourth-order valence-corrected chi connectivity index (χ4v) is 2.73. The van der Waals surface area contributed by atoms with Gasteiger partial charge in [0, 0.05) is 18.2 Å². The van der Waals surface area contributed by atoms with Crippen molar-refractivity contribution < 1.29 is 9.47 Å². The second kappa shape index (κ2) is 4.97. The Morgan fingerprint density at radius 2 is 1.95 bits per heavy atom. The maximum atomic E-state index is 6.17. The number of aromatic nitrogens is 2. The maximum absolute atomic E-state index is 6.17. The normalized spacial score (nSPS) is 14.1. The fourth-order valence-electron chi connectivity index (χ4n) is 2.51. The van der Waals surface area contributed by atoms with Gasteiger partial charge in [0.25, 0.3) is 0 Å². The van der Waals surface area contributed by atoms with Gasteiger partial charge in [-0.3, -0.25) is 4.40 Å². The number of hydrogen-bond donors (Lipinski definition) is 0. The lowest BCUT2D eigenvalue weighted by molar-refractivity contribution is 0.297. The zero-order valence-corrected chi connectivity index (χ0v) is 12.0. The molecule has 2 aromatic heterocycles. The maximum Gasteiger partial charge on any atom is 0.161 e. The van der Waals surface area contributed by atoms with Gasteiger partial charge < -0.3 is 9.47 Å². The topological polar surface area (TPSA) is 35.8 Å². The molecule has 0 saturated carbocycles. The molecule has 3 aromatic rings. The lowest BCUT2D eigenvalue weighted by Gasteiger charge is -2.09. The van der Waals surface area contributed by atoms with Crippen LogP contribution in [-0.2, 0) is 0 Å². The van der Waals surface area contributed by atoms with E-state index in [1.54, 1.807) is 0 Å². The summed E-state index contributed by atoms with van der Waals surface area (Å²) in [5.74, 6) is 1.57. The predicted octanol–water partition coefficient (Wildman–Crippen LogP) is 3.82. The van der Waals surface area contributed by atoms with Crippen molar-refractivity contribution in [2.24, 2.45) is 0 Å². The third-order valence-corrected chi connectivity index (χ3v) is 3.83. The Hall–Kier alpha value is -2.20. The molecule has 21 heavy (non-hydrogen) atoms. The predicted molar refractivity (Wildman–Crippen MR) is 81.2 cm³/mol. The molecule has 4 rings (SSSR count). The van der Waals surface area contributed by atoms with E-state index in [0.717, 1.165) is 34.8 Å². The van der Waals surface area contributed by atoms with Crippen LogP contribution >= 0.6 is 11.6 Å². The van der Waals surface area contributed by atoms with E-state index in [1.807, 2.05) is 47.1 Å². The number of rotatable bonds is 1. The molecule has 0 atom stereocenters. The molecule has 0 amide bonds. The molecule has 3 heterocycles. The molecule has 1 aliphatic heterocycles. The summed E-state index contributed by atoms with van der Waals surface area (Å²) >= 11 is 6.17. The summed E-state index contributed by atoms with van der Waals surface area (Å²) in [6, 6.07) is 9.69. The molecule has 5 heteroatoms. The summed E-state index contributed by atoms with van der Waals surface area (Å²) in [5, 5.41) is 0.637. The van der Waals surface area contributed by atoms with Gasteiger partial charge in [-0.1, -0.05) is 11.6 Å². The zero-order valence-electron chi connectivity index (χ0n) is 11.3. The molecule has 0 spiro atoms. The van der Waals surface area contributed by atoms with E-state index in [9.17, 15) is 0 Å². The minimum absolute atomic E-state index is 0.637. The van der Waals surface area contributed by atoms with Crippen LogP contribution in [0.15, 0.2) is 42.7 Å². The highest BCUT2D eigenvalue weighted by Gasteiger charge is 2.14. The van der Waals surface area contributed by atoms with Gasteiger partial charge in [-0.05, 0) is 30.3 Å². The molecule has 1 aliphatic rings. The Bertz CT molecular complexity index is 813. The van der Waals surface area contributed by atoms with Gasteiger partial charge in [-0.25, -0.2) is 4.98 Å². The van der Waals surface area contributed by atoms with Gasteiger partial charge in [-0.15, -0.1) is 0 Å². The molecule has 0 bridgehead atoms. The van der Waals surface area contributed by atoms with Gasteiger partial charge in [0.05, 0.1) is 30.1 Å². The summed E-state index contributed by atoms with van der Waals surface area (Å²) in [6.07, 6.45) is 4.67. The number of pyridine rings is 1. The van der Waals surface area contributed by atoms with Crippen molar-refractivity contribution in [2.75, 3.05) is 13.2 Å². The highest BCUT2D eigenvalue weighted by atomic mass is 35.5. The van der Waals surface area contributed by atoms with E-state index in [1.165, 1.54) is 0 Å². The van der Waals surface area contributed by atoms with Crippen LogP contribution in [0.3, 0.4) is 0 Å².